The fraction of sp³-hybridized carbons (Fsp3) is 0.750. The van der Waals surface area contributed by atoms with Crippen LogP contribution in [0.25, 0.3) is 0 Å². The average molecular weight is 166 g/mol. The molecule has 1 unspecified atom stereocenters. The third-order valence-corrected chi connectivity index (χ3v) is 2.68. The molecule has 0 amide bonds. The van der Waals surface area contributed by atoms with Crippen molar-refractivity contribution in [2.75, 3.05) is 0 Å². The van der Waals surface area contributed by atoms with E-state index in [2.05, 4.69) is 0 Å². The number of hydrogen-bond acceptors (Lipinski definition) is 3. The molecule has 0 aliphatic rings. The van der Waals surface area contributed by atoms with Crippen molar-refractivity contribution in [3.63, 3.8) is 0 Å². The Kier molecular flexibility index (Phi) is 2.74. The molecule has 0 aliphatic carbocycles. The fourth-order valence-corrected chi connectivity index (χ4v) is 0.868. The van der Waals surface area contributed by atoms with Crippen LogP contribution in [0, 0.1) is 0 Å². The minimum absolute atomic E-state index is 0.124. The van der Waals surface area contributed by atoms with Gasteiger partial charge in [0.05, 0.1) is 0 Å². The number of hydrogen-bond donors (Lipinski definition) is 3. The quantitative estimate of drug-likeness (QED) is 0.483. The Labute approximate surface area is 58.4 Å². The normalized spacial score (nSPS) is 18.0. The minimum atomic E-state index is -4.53. The topological polar surface area (TPSA) is 101 Å². The Hall–Kier alpha value is -0.220. The molecule has 5 nitrogen and oxygen atoms in total. The highest BCUT2D eigenvalue weighted by molar-refractivity contribution is 7.54. The molecule has 0 heterocycles. The van der Waals surface area contributed by atoms with Gasteiger partial charge in [0.25, 0.3) is 0 Å². The van der Waals surface area contributed by atoms with E-state index in [0.717, 1.165) is 6.29 Å². The highest BCUT2D eigenvalue weighted by Gasteiger charge is 2.42. The lowest BCUT2D eigenvalue weighted by Gasteiger charge is -2.20. The predicted octanol–water partition coefficient (Wildman–Crippen LogP) is -0.661. The monoisotopic (exact) mass is 166 g/mol. The summed E-state index contributed by atoms with van der Waals surface area (Å²) in [5.41, 5.74) is 4.99. The zero-order chi connectivity index (χ0) is 8.41. The molecule has 0 aliphatic heterocycles. The van der Waals surface area contributed by atoms with Crippen LogP contribution in [0.5, 0.6) is 0 Å². The van der Waals surface area contributed by atoms with Crippen LogP contribution >= 0.6 is 7.60 Å². The molecule has 0 aromatic carbocycles. The second-order valence-corrected chi connectivity index (χ2v) is 3.81. The van der Waals surface area contributed by atoms with Gasteiger partial charge in [0.15, 0.2) is 5.28 Å². The Bertz CT molecular complexity index is 176. The van der Waals surface area contributed by atoms with E-state index >= 15 is 0 Å². The molecule has 10 heavy (non-hydrogen) atoms. The summed E-state index contributed by atoms with van der Waals surface area (Å²) < 4.78 is 10.4. The number of carbonyl (C=O) groups excluding carboxylic acids is 1. The Balaban J connectivity index is 4.66. The molecule has 0 bridgehead atoms. The molecule has 4 N–H and O–H groups in total. The van der Waals surface area contributed by atoms with Gasteiger partial charge in [0, 0.05) is 0 Å². The van der Waals surface area contributed by atoms with Gasteiger partial charge in [-0.25, -0.2) is 0 Å². The Morgan fingerprint density at radius 1 is 1.70 bits per heavy atom. The molecule has 1 atom stereocenters. The molecule has 0 spiro atoms. The van der Waals surface area contributed by atoms with E-state index in [1.54, 1.807) is 0 Å². The summed E-state index contributed by atoms with van der Waals surface area (Å²) in [5.74, 6) is 0. The summed E-state index contributed by atoms with van der Waals surface area (Å²) in [4.78, 5) is 26.9. The first-order chi connectivity index (χ1) is 4.37. The van der Waals surface area contributed by atoms with Gasteiger partial charge >= 0.3 is 7.60 Å². The summed E-state index contributed by atoms with van der Waals surface area (Å²) in [5, 5.41) is -2.12. The van der Waals surface area contributed by atoms with E-state index in [4.69, 9.17) is 15.5 Å². The molecular weight excluding hydrogens is 157 g/mol. The van der Waals surface area contributed by atoms with Gasteiger partial charge in [0.1, 0.15) is 0 Å². The van der Waals surface area contributed by atoms with Gasteiger partial charge < -0.3 is 15.5 Å². The maximum Gasteiger partial charge on any atom is 0.353 e. The number of rotatable bonds is 3. The molecule has 59 valence electrons. The predicted molar refractivity (Wildman–Crippen MR) is 34.9 cm³/mol. The van der Waals surface area contributed by atoms with Crippen LogP contribution in [-0.4, -0.2) is 21.4 Å². The molecule has 6 heteroatoms. The van der Waals surface area contributed by atoms with Crippen molar-refractivity contribution in [1.29, 1.82) is 0 Å². The van der Waals surface area contributed by atoms with Crippen molar-refractivity contribution < 1.29 is 19.1 Å². The van der Waals surface area contributed by atoms with Crippen LogP contribution < -0.4 is 5.73 Å². The van der Waals surface area contributed by atoms with Crippen molar-refractivity contribution in [3.05, 3.63) is 0 Å². The first kappa shape index (κ1) is 9.78. The van der Waals surface area contributed by atoms with Crippen LogP contribution in [0.2, 0.25) is 0 Å². The van der Waals surface area contributed by atoms with Gasteiger partial charge in [-0.2, -0.15) is 0 Å². The molecule has 0 aromatic heterocycles. The van der Waals surface area contributed by atoms with E-state index < -0.39 is 12.9 Å². The van der Waals surface area contributed by atoms with E-state index in [0.29, 0.717) is 0 Å². The second-order valence-electron chi connectivity index (χ2n) is 1.92. The lowest BCUT2D eigenvalue weighted by Crippen LogP contribution is -2.40. The van der Waals surface area contributed by atoms with E-state index in [1.165, 1.54) is 6.92 Å². The molecular formula is C4H9NO4P. The number of nitrogens with two attached hydrogens (primary N) is 1. The van der Waals surface area contributed by atoms with Crippen molar-refractivity contribution in [3.8, 4) is 0 Å². The van der Waals surface area contributed by atoms with Crippen LogP contribution in [0.1, 0.15) is 13.3 Å². The van der Waals surface area contributed by atoms with E-state index in [1.807, 2.05) is 0 Å². The van der Waals surface area contributed by atoms with Crippen molar-refractivity contribution in [2.24, 2.45) is 5.73 Å². The van der Waals surface area contributed by atoms with Crippen molar-refractivity contribution in [2.45, 2.75) is 18.6 Å². The zero-order valence-electron chi connectivity index (χ0n) is 5.44. The van der Waals surface area contributed by atoms with Gasteiger partial charge in [-0.15, -0.1) is 0 Å². The Morgan fingerprint density at radius 3 is 2.10 bits per heavy atom. The van der Waals surface area contributed by atoms with E-state index in [9.17, 15) is 9.36 Å². The highest BCUT2D eigenvalue weighted by atomic mass is 31.2. The maximum atomic E-state index is 10.4. The highest BCUT2D eigenvalue weighted by Crippen LogP contribution is 2.47. The molecule has 0 aromatic rings. The van der Waals surface area contributed by atoms with Gasteiger partial charge in [-0.05, 0) is 6.42 Å². The fourth-order valence-electron chi connectivity index (χ4n) is 0.338. The lowest BCUT2D eigenvalue weighted by molar-refractivity contribution is 0.341. The van der Waals surface area contributed by atoms with Crippen LogP contribution in [0.15, 0.2) is 0 Å². The smallest absolute Gasteiger partial charge is 0.323 e. The summed E-state index contributed by atoms with van der Waals surface area (Å²) in [6.07, 6.45) is 1.01. The summed E-state index contributed by atoms with van der Waals surface area (Å²) in [7, 11) is -4.53. The summed E-state index contributed by atoms with van der Waals surface area (Å²) >= 11 is 0. The lowest BCUT2D eigenvalue weighted by atomic mass is 10.3. The third kappa shape index (κ3) is 1.64. The molecule has 1 radical (unpaired) electrons. The minimum Gasteiger partial charge on any atom is -0.323 e. The average Bonchev–Trinajstić information content (AvgIpc) is 1.84. The molecule has 0 saturated carbocycles. The van der Waals surface area contributed by atoms with E-state index in [-0.39, 0.29) is 6.42 Å². The van der Waals surface area contributed by atoms with Crippen LogP contribution in [-0.2, 0) is 9.36 Å². The first-order valence-corrected chi connectivity index (χ1v) is 4.22. The van der Waals surface area contributed by atoms with Crippen LogP contribution in [0.3, 0.4) is 0 Å². The van der Waals surface area contributed by atoms with Gasteiger partial charge in [-0.3, -0.25) is 9.36 Å². The third-order valence-electron chi connectivity index (χ3n) is 1.24. The standard InChI is InChI=1S/C4H9NO4P/c1-2-4(5,3-6)10(7,8)9/h2,5H2,1H3,(H2,7,8,9). The molecule has 0 fully saturated rings. The maximum absolute atomic E-state index is 10.4. The van der Waals surface area contributed by atoms with Gasteiger partial charge in [-0.1, -0.05) is 6.92 Å². The SMILES string of the molecule is CCC(N)([C]=O)P(=O)(O)O. The van der Waals surface area contributed by atoms with Gasteiger partial charge in [0.2, 0.25) is 6.29 Å². The zero-order valence-corrected chi connectivity index (χ0v) is 6.34. The Morgan fingerprint density at radius 2 is 2.10 bits per heavy atom. The first-order valence-electron chi connectivity index (χ1n) is 2.61. The summed E-state index contributed by atoms with van der Waals surface area (Å²) in [6.45, 7) is 1.41. The largest absolute Gasteiger partial charge is 0.353 e. The second kappa shape index (κ2) is 2.80. The molecule has 0 saturated heterocycles. The van der Waals surface area contributed by atoms with Crippen molar-refractivity contribution >= 4 is 13.9 Å². The van der Waals surface area contributed by atoms with Crippen molar-refractivity contribution in [1.82, 2.24) is 0 Å². The molecule has 0 rings (SSSR count). The van der Waals surface area contributed by atoms with Crippen LogP contribution in [0.4, 0.5) is 0 Å². The summed E-state index contributed by atoms with van der Waals surface area (Å²) in [6, 6.07) is 0.